The summed E-state index contributed by atoms with van der Waals surface area (Å²) < 4.78 is 51.9. The molecule has 0 fully saturated rings. The number of hydrogen-bond donors (Lipinski definition) is 3. The molecule has 392 valence electrons. The van der Waals surface area contributed by atoms with Crippen LogP contribution in [-0.2, 0) is 23.8 Å². The van der Waals surface area contributed by atoms with Gasteiger partial charge in [0.05, 0.1) is 36.9 Å². The number of aromatic nitrogens is 4. The zero-order valence-corrected chi connectivity index (χ0v) is 41.8. The Kier molecular flexibility index (Phi) is 17.5. The molecule has 2 unspecified atom stereocenters. The summed E-state index contributed by atoms with van der Waals surface area (Å²) in [6, 6.07) is 44.0. The zero-order valence-electron chi connectivity index (χ0n) is 41.0. The number of methoxy groups -OCH3 is 2. The van der Waals surface area contributed by atoms with Gasteiger partial charge in [-0.2, -0.15) is 8.42 Å². The minimum Gasteiger partial charge on any atom is -0.464 e. The van der Waals surface area contributed by atoms with E-state index in [1.54, 1.807) is 60.7 Å². The van der Waals surface area contributed by atoms with Crippen LogP contribution in [0.25, 0.3) is 22.5 Å². The number of carbonyl (C=O) groups is 2. The maximum atomic E-state index is 12.8. The number of benzene rings is 6. The third-order valence-corrected chi connectivity index (χ3v) is 12.2. The second-order valence-corrected chi connectivity index (χ2v) is 18.2. The molecule has 0 aliphatic carbocycles. The molecular weight excluding hydrogens is 1000 g/mol. The first-order chi connectivity index (χ1) is 36.5. The van der Waals surface area contributed by atoms with Gasteiger partial charge in [0.25, 0.3) is 21.5 Å². The Labute approximate surface area is 435 Å². The van der Waals surface area contributed by atoms with Gasteiger partial charge in [-0.15, -0.1) is 0 Å². The highest BCUT2D eigenvalue weighted by molar-refractivity contribution is 7.85. The van der Waals surface area contributed by atoms with Crippen molar-refractivity contribution in [1.29, 1.82) is 0 Å². The monoisotopic (exact) mass is 1050 g/mol. The molecule has 0 aliphatic rings. The number of non-ortho nitro benzene ring substituents is 2. The lowest BCUT2D eigenvalue weighted by atomic mass is 9.95. The van der Waals surface area contributed by atoms with Gasteiger partial charge in [0.1, 0.15) is 46.0 Å². The first-order valence-electron chi connectivity index (χ1n) is 23.0. The second-order valence-electron chi connectivity index (χ2n) is 16.6. The average molecular weight is 1060 g/mol. The van der Waals surface area contributed by atoms with Crippen molar-refractivity contribution >= 4 is 33.4 Å². The Bertz CT molecular complexity index is 3410. The van der Waals surface area contributed by atoms with E-state index in [4.69, 9.17) is 34.8 Å². The zero-order chi connectivity index (χ0) is 54.5. The van der Waals surface area contributed by atoms with Crippen LogP contribution in [-0.4, -0.2) is 88.3 Å². The summed E-state index contributed by atoms with van der Waals surface area (Å²) >= 11 is 0. The molecule has 2 aromatic heterocycles. The van der Waals surface area contributed by atoms with Crippen molar-refractivity contribution in [3.8, 4) is 45.5 Å². The van der Waals surface area contributed by atoms with E-state index < -0.39 is 43.7 Å². The summed E-state index contributed by atoms with van der Waals surface area (Å²) in [6.45, 7) is -0.412. The van der Waals surface area contributed by atoms with Crippen LogP contribution in [0.4, 0.5) is 11.4 Å². The summed E-state index contributed by atoms with van der Waals surface area (Å²) in [5, 5.41) is 31.9. The largest absolute Gasteiger partial charge is 0.464 e. The van der Waals surface area contributed by atoms with E-state index in [9.17, 15) is 43.3 Å². The van der Waals surface area contributed by atoms with Gasteiger partial charge in [0.15, 0.2) is 11.4 Å². The Hall–Kier alpha value is -9.45. The van der Waals surface area contributed by atoms with Crippen LogP contribution in [0.5, 0.6) is 23.0 Å². The van der Waals surface area contributed by atoms with Gasteiger partial charge in [-0.3, -0.25) is 24.4 Å². The number of imidazole rings is 2. The molecule has 8 aromatic rings. The standard InChI is InChI=1S/C27H26N4O8S.C26H24N4O6/c1-37-27(32)25-24(19-10-14-22(15-11-19)39-21-6-4-3-5-7-21)29-26(30(25)28)23(16-17-38-40(2,35)36)18-8-12-20(13-9-18)31(33)34;1-35-26(32)24-23(18-9-13-21(14-10-18)36-20-5-3-2-4-6-20)28-25(29(24)27)22(15-16-31)17-7-11-19(12-8-17)30(33)34/h3-15,23H,16-17,28H2,1-2H3;2-14,22,31H,15-16,27H2,1H3. The number of nitro benzene ring substituents is 2. The van der Waals surface area contributed by atoms with Crippen molar-refractivity contribution in [3.05, 3.63) is 212 Å². The third kappa shape index (κ3) is 13.2. The van der Waals surface area contributed by atoms with E-state index >= 15 is 0 Å². The topological polar surface area (TPSA) is 309 Å². The number of nitrogens with zero attached hydrogens (tertiary/aromatic N) is 6. The number of carbonyl (C=O) groups excluding carboxylic acids is 2. The first kappa shape index (κ1) is 54.3. The molecule has 76 heavy (non-hydrogen) atoms. The molecule has 22 nitrogen and oxygen atoms in total. The lowest BCUT2D eigenvalue weighted by molar-refractivity contribution is -0.385. The Morgan fingerprint density at radius 2 is 0.934 bits per heavy atom. The van der Waals surface area contributed by atoms with Crippen molar-refractivity contribution < 1.29 is 56.1 Å². The number of ether oxygens (including phenoxy) is 4. The van der Waals surface area contributed by atoms with E-state index in [0.29, 0.717) is 56.8 Å². The highest BCUT2D eigenvalue weighted by atomic mass is 32.2. The number of esters is 2. The average Bonchev–Trinajstić information content (AvgIpc) is 3.96. The van der Waals surface area contributed by atoms with E-state index in [1.165, 1.54) is 50.6 Å². The SMILES string of the molecule is COC(=O)c1c(-c2ccc(Oc3ccccc3)cc2)nc(C(CCO)c2ccc([N+](=O)[O-])cc2)n1N.COC(=O)c1c(-c2ccc(Oc3ccccc3)cc2)nc(C(CCOS(C)(=O)=O)c2ccc([N+](=O)[O-])cc2)n1N. The van der Waals surface area contributed by atoms with Crippen molar-refractivity contribution in [2.75, 3.05) is 45.4 Å². The van der Waals surface area contributed by atoms with E-state index in [2.05, 4.69) is 9.97 Å². The lowest BCUT2D eigenvalue weighted by Gasteiger charge is -2.17. The van der Waals surface area contributed by atoms with Crippen LogP contribution in [0.1, 0.15) is 68.4 Å². The Morgan fingerprint density at radius 1 is 0.579 bits per heavy atom. The van der Waals surface area contributed by atoms with Gasteiger partial charge in [-0.05, 0) is 96.8 Å². The second kappa shape index (κ2) is 24.5. The molecule has 2 heterocycles. The fourth-order valence-electron chi connectivity index (χ4n) is 7.98. The summed E-state index contributed by atoms with van der Waals surface area (Å²) in [5.74, 6) is 13.1. The maximum Gasteiger partial charge on any atom is 0.358 e. The number of aliphatic hydroxyl groups is 1. The van der Waals surface area contributed by atoms with Crippen LogP contribution in [0.3, 0.4) is 0 Å². The van der Waals surface area contributed by atoms with Gasteiger partial charge < -0.3 is 35.7 Å². The number of nitrogens with two attached hydrogens (primary N) is 2. The minimum absolute atomic E-state index is 0.0362. The summed E-state index contributed by atoms with van der Waals surface area (Å²) in [5.41, 5.74) is 2.69. The van der Waals surface area contributed by atoms with Crippen LogP contribution >= 0.6 is 0 Å². The number of rotatable bonds is 20. The van der Waals surface area contributed by atoms with Crippen LogP contribution < -0.4 is 21.2 Å². The summed E-state index contributed by atoms with van der Waals surface area (Å²) in [7, 11) is -1.28. The number of nitrogen functional groups attached to an aromatic ring is 2. The number of hydrogen-bond acceptors (Lipinski definition) is 18. The van der Waals surface area contributed by atoms with Crippen molar-refractivity contribution in [1.82, 2.24) is 19.3 Å². The van der Waals surface area contributed by atoms with Crippen molar-refractivity contribution in [2.45, 2.75) is 24.7 Å². The van der Waals surface area contributed by atoms with Gasteiger partial charge in [-0.1, -0.05) is 60.7 Å². The molecule has 0 saturated carbocycles. The predicted octanol–water partition coefficient (Wildman–Crippen LogP) is 8.51. The summed E-state index contributed by atoms with van der Waals surface area (Å²) in [4.78, 5) is 56.0. The van der Waals surface area contributed by atoms with Crippen LogP contribution in [0.15, 0.2) is 158 Å². The van der Waals surface area contributed by atoms with E-state index in [1.807, 2.05) is 60.7 Å². The van der Waals surface area contributed by atoms with Crippen molar-refractivity contribution in [3.63, 3.8) is 0 Å². The minimum atomic E-state index is -3.74. The smallest absolute Gasteiger partial charge is 0.358 e. The van der Waals surface area contributed by atoms with Gasteiger partial charge in [0, 0.05) is 53.8 Å². The van der Waals surface area contributed by atoms with Gasteiger partial charge in [0.2, 0.25) is 0 Å². The van der Waals surface area contributed by atoms with Gasteiger partial charge >= 0.3 is 11.9 Å². The molecule has 0 radical (unpaired) electrons. The third-order valence-electron chi connectivity index (χ3n) is 11.6. The Morgan fingerprint density at radius 3 is 1.26 bits per heavy atom. The van der Waals surface area contributed by atoms with Crippen LogP contribution in [0.2, 0.25) is 0 Å². The molecule has 0 bridgehead atoms. The Balaban J connectivity index is 0.000000222. The highest BCUT2D eigenvalue weighted by Gasteiger charge is 2.31. The molecule has 23 heteroatoms. The molecule has 6 aromatic carbocycles. The molecule has 8 rings (SSSR count). The molecule has 5 N–H and O–H groups in total. The van der Waals surface area contributed by atoms with E-state index in [-0.39, 0.29) is 60.3 Å². The first-order valence-corrected chi connectivity index (χ1v) is 24.8. The molecule has 2 atom stereocenters. The van der Waals surface area contributed by atoms with Crippen molar-refractivity contribution in [2.24, 2.45) is 0 Å². The quantitative estimate of drug-likeness (QED) is 0.0212. The normalized spacial score (nSPS) is 11.8. The summed E-state index contributed by atoms with van der Waals surface area (Å²) in [6.07, 6.45) is 1.25. The fourth-order valence-corrected chi connectivity index (χ4v) is 8.38. The maximum absolute atomic E-state index is 12.8. The molecular formula is C53H50N8O14S. The molecule has 0 amide bonds. The number of nitro groups is 2. The van der Waals surface area contributed by atoms with E-state index in [0.717, 1.165) is 15.6 Å². The van der Waals surface area contributed by atoms with Gasteiger partial charge in [-0.25, -0.2) is 28.9 Å². The fraction of sp³-hybridized carbons (Fsp3) is 0.170. The predicted molar refractivity (Wildman–Crippen MR) is 278 cm³/mol. The van der Waals surface area contributed by atoms with Crippen LogP contribution in [0, 0.1) is 20.2 Å². The number of para-hydroxylation sites is 2. The lowest BCUT2D eigenvalue weighted by Crippen LogP contribution is -2.23. The molecule has 0 aliphatic heterocycles. The molecule has 0 saturated heterocycles. The number of aliphatic hydroxyl groups excluding tert-OH is 1. The molecule has 0 spiro atoms. The highest BCUT2D eigenvalue weighted by Crippen LogP contribution is 2.36.